The molecule has 2 aromatic carbocycles. The van der Waals surface area contributed by atoms with Crippen molar-refractivity contribution in [2.75, 3.05) is 0 Å². The highest BCUT2D eigenvalue weighted by Crippen LogP contribution is 2.38. The molecule has 0 bridgehead atoms. The van der Waals surface area contributed by atoms with Crippen LogP contribution in [0.2, 0.25) is 0 Å². The van der Waals surface area contributed by atoms with E-state index in [1.54, 1.807) is 6.20 Å². The number of alkyl halides is 3. The molecule has 0 aliphatic heterocycles. The Balaban J connectivity index is 1.45. The third-order valence-corrected chi connectivity index (χ3v) is 6.72. The van der Waals surface area contributed by atoms with E-state index in [0.717, 1.165) is 40.1 Å². The molecule has 1 saturated carbocycles. The van der Waals surface area contributed by atoms with Crippen molar-refractivity contribution in [3.63, 3.8) is 0 Å². The maximum Gasteiger partial charge on any atom is 0.416 e. The molecule has 0 spiro atoms. The van der Waals surface area contributed by atoms with E-state index in [1.165, 1.54) is 12.1 Å². The lowest BCUT2D eigenvalue weighted by molar-refractivity contribution is -0.137. The Morgan fingerprint density at radius 1 is 1.03 bits per heavy atom. The van der Waals surface area contributed by atoms with Crippen LogP contribution in [0.3, 0.4) is 0 Å². The van der Waals surface area contributed by atoms with Crippen LogP contribution in [0.4, 0.5) is 13.2 Å². The molecule has 1 fully saturated rings. The first-order valence-electron chi connectivity index (χ1n) is 12.0. The van der Waals surface area contributed by atoms with Gasteiger partial charge in [-0.15, -0.1) is 0 Å². The van der Waals surface area contributed by atoms with E-state index in [0.29, 0.717) is 11.1 Å². The topological polar surface area (TPSA) is 76.1 Å². The van der Waals surface area contributed by atoms with Crippen LogP contribution in [0, 0.1) is 26.7 Å². The Hall–Kier alpha value is -3.81. The van der Waals surface area contributed by atoms with Gasteiger partial charge in [0.2, 0.25) is 5.91 Å². The van der Waals surface area contributed by atoms with Crippen molar-refractivity contribution >= 4 is 17.5 Å². The van der Waals surface area contributed by atoms with Crippen LogP contribution >= 0.6 is 0 Å². The van der Waals surface area contributed by atoms with Gasteiger partial charge in [-0.1, -0.05) is 18.2 Å². The van der Waals surface area contributed by atoms with Crippen molar-refractivity contribution in [2.24, 2.45) is 5.92 Å². The number of amides is 1. The SMILES string of the molecule is Cc1ccc(-c2cc(C)c(C3C(=O)CC(CC(=O)NCc4cccc(C(F)(F)F)c4)C3=O)c(C)c2)nc1. The fourth-order valence-corrected chi connectivity index (χ4v) is 4.90. The molecule has 0 radical (unpaired) electrons. The van der Waals surface area contributed by atoms with Gasteiger partial charge >= 0.3 is 6.18 Å². The third kappa shape index (κ3) is 5.79. The average molecular weight is 509 g/mol. The lowest BCUT2D eigenvalue weighted by Gasteiger charge is -2.17. The number of carbonyl (C=O) groups is 3. The molecule has 1 aliphatic carbocycles. The van der Waals surface area contributed by atoms with Gasteiger partial charge in [-0.25, -0.2) is 0 Å². The number of ketones is 2. The molecular weight excluding hydrogens is 481 g/mol. The van der Waals surface area contributed by atoms with Gasteiger partial charge in [-0.2, -0.15) is 13.2 Å². The molecular formula is C29H27F3N2O3. The number of Topliss-reactive ketones (excluding diaryl/α,β-unsaturated/α-hetero) is 2. The summed E-state index contributed by atoms with van der Waals surface area (Å²) in [6.45, 7) is 5.56. The van der Waals surface area contributed by atoms with Crippen molar-refractivity contribution in [1.29, 1.82) is 0 Å². The predicted molar refractivity (Wildman–Crippen MR) is 133 cm³/mol. The summed E-state index contributed by atoms with van der Waals surface area (Å²) in [5.41, 5.74) is 4.50. The Morgan fingerprint density at radius 3 is 2.35 bits per heavy atom. The monoisotopic (exact) mass is 508 g/mol. The quantitative estimate of drug-likeness (QED) is 0.437. The normalized spacial score (nSPS) is 17.8. The van der Waals surface area contributed by atoms with E-state index in [1.807, 2.05) is 45.0 Å². The van der Waals surface area contributed by atoms with Gasteiger partial charge in [-0.05, 0) is 78.9 Å². The van der Waals surface area contributed by atoms with Crippen molar-refractivity contribution in [3.8, 4) is 11.3 Å². The highest BCUT2D eigenvalue weighted by atomic mass is 19.4. The minimum absolute atomic E-state index is 0.0410. The van der Waals surface area contributed by atoms with E-state index < -0.39 is 29.5 Å². The molecule has 1 heterocycles. The van der Waals surface area contributed by atoms with Gasteiger partial charge in [0.1, 0.15) is 11.7 Å². The number of benzene rings is 2. The zero-order chi connectivity index (χ0) is 26.9. The number of carbonyl (C=O) groups excluding carboxylic acids is 3. The number of rotatable bonds is 6. The number of aryl methyl sites for hydroxylation is 3. The lowest BCUT2D eigenvalue weighted by Crippen LogP contribution is -2.27. The summed E-state index contributed by atoms with van der Waals surface area (Å²) < 4.78 is 38.7. The summed E-state index contributed by atoms with van der Waals surface area (Å²) in [6.07, 6.45) is -2.93. The van der Waals surface area contributed by atoms with Gasteiger partial charge < -0.3 is 5.32 Å². The third-order valence-electron chi connectivity index (χ3n) is 6.72. The Morgan fingerprint density at radius 2 is 1.73 bits per heavy atom. The lowest BCUT2D eigenvalue weighted by atomic mass is 9.85. The van der Waals surface area contributed by atoms with Crippen LogP contribution in [0.15, 0.2) is 54.7 Å². The molecule has 2 atom stereocenters. The van der Waals surface area contributed by atoms with Crippen LogP contribution in [0.5, 0.6) is 0 Å². The molecule has 2 unspecified atom stereocenters. The Bertz CT molecular complexity index is 1340. The number of nitrogens with one attached hydrogen (secondary N) is 1. The largest absolute Gasteiger partial charge is 0.416 e. The van der Waals surface area contributed by atoms with Crippen molar-refractivity contribution in [1.82, 2.24) is 10.3 Å². The summed E-state index contributed by atoms with van der Waals surface area (Å²) in [7, 11) is 0. The van der Waals surface area contributed by atoms with Crippen molar-refractivity contribution in [3.05, 3.63) is 88.1 Å². The molecule has 0 saturated heterocycles. The molecule has 1 N–H and O–H groups in total. The van der Waals surface area contributed by atoms with Gasteiger partial charge in [0, 0.05) is 37.1 Å². The number of hydrogen-bond acceptors (Lipinski definition) is 4. The second kappa shape index (κ2) is 10.3. The van der Waals surface area contributed by atoms with Gasteiger partial charge in [0.15, 0.2) is 5.78 Å². The van der Waals surface area contributed by atoms with Crippen LogP contribution < -0.4 is 5.32 Å². The highest BCUT2D eigenvalue weighted by Gasteiger charge is 2.43. The zero-order valence-corrected chi connectivity index (χ0v) is 20.8. The number of hydrogen-bond donors (Lipinski definition) is 1. The summed E-state index contributed by atoms with van der Waals surface area (Å²) >= 11 is 0. The molecule has 1 aromatic heterocycles. The number of halogens is 3. The Labute approximate surface area is 213 Å². The van der Waals surface area contributed by atoms with Gasteiger partial charge in [-0.3, -0.25) is 19.4 Å². The van der Waals surface area contributed by atoms with Crippen molar-refractivity contribution < 1.29 is 27.6 Å². The van der Waals surface area contributed by atoms with E-state index in [4.69, 9.17) is 0 Å². The predicted octanol–water partition coefficient (Wildman–Crippen LogP) is 5.64. The first kappa shape index (κ1) is 26.3. The van der Waals surface area contributed by atoms with E-state index >= 15 is 0 Å². The van der Waals surface area contributed by atoms with Gasteiger partial charge in [0.25, 0.3) is 0 Å². The fourth-order valence-electron chi connectivity index (χ4n) is 4.90. The van der Waals surface area contributed by atoms with Crippen LogP contribution in [-0.2, 0) is 27.1 Å². The highest BCUT2D eigenvalue weighted by molar-refractivity contribution is 6.15. The number of nitrogens with zero attached hydrogens (tertiary/aromatic N) is 1. The van der Waals surface area contributed by atoms with E-state index in [-0.39, 0.29) is 31.0 Å². The molecule has 1 amide bonds. The Kier molecular flexibility index (Phi) is 7.30. The average Bonchev–Trinajstić information content (AvgIpc) is 3.10. The second-order valence-corrected chi connectivity index (χ2v) is 9.63. The standard InChI is InChI=1S/C29H27F3N2O3/c1-16-7-8-23(33-14-16)20-9-17(2)26(18(3)10-20)27-24(35)12-21(28(27)37)13-25(36)34-15-19-5-4-6-22(11-19)29(30,31)32/h4-11,14,21,27H,12-13,15H2,1-3H3,(H,34,36). The maximum absolute atomic E-state index is 13.2. The molecule has 5 nitrogen and oxygen atoms in total. The summed E-state index contributed by atoms with van der Waals surface area (Å²) in [4.78, 5) is 43.1. The first-order valence-corrected chi connectivity index (χ1v) is 12.0. The first-order chi connectivity index (χ1) is 17.4. The maximum atomic E-state index is 13.2. The fraction of sp³-hybridized carbons (Fsp3) is 0.310. The van der Waals surface area contributed by atoms with Crippen LogP contribution in [0.1, 0.15) is 52.1 Å². The molecule has 37 heavy (non-hydrogen) atoms. The van der Waals surface area contributed by atoms with Crippen LogP contribution in [-0.4, -0.2) is 22.5 Å². The molecule has 8 heteroatoms. The van der Waals surface area contributed by atoms with Crippen molar-refractivity contribution in [2.45, 2.75) is 52.3 Å². The minimum Gasteiger partial charge on any atom is -0.352 e. The zero-order valence-electron chi connectivity index (χ0n) is 20.8. The molecule has 192 valence electrons. The summed E-state index contributed by atoms with van der Waals surface area (Å²) in [5.74, 6) is -2.71. The van der Waals surface area contributed by atoms with Gasteiger partial charge in [0.05, 0.1) is 11.3 Å². The second-order valence-electron chi connectivity index (χ2n) is 9.63. The molecule has 4 rings (SSSR count). The van der Waals surface area contributed by atoms with Crippen LogP contribution in [0.25, 0.3) is 11.3 Å². The number of pyridine rings is 1. The number of aromatic nitrogens is 1. The molecule has 3 aromatic rings. The van der Waals surface area contributed by atoms with E-state index in [2.05, 4.69) is 10.3 Å². The minimum atomic E-state index is -4.48. The molecule has 1 aliphatic rings. The smallest absolute Gasteiger partial charge is 0.352 e. The summed E-state index contributed by atoms with van der Waals surface area (Å²) in [6, 6.07) is 12.4. The van der Waals surface area contributed by atoms with E-state index in [9.17, 15) is 27.6 Å². The summed E-state index contributed by atoms with van der Waals surface area (Å²) in [5, 5.41) is 2.57.